The van der Waals surface area contributed by atoms with Crippen LogP contribution in [0.1, 0.15) is 31.3 Å². The van der Waals surface area contributed by atoms with Crippen LogP contribution in [0.4, 0.5) is 8.78 Å². The quantitative estimate of drug-likeness (QED) is 0.784. The monoisotopic (exact) mass is 298 g/mol. The molecule has 106 valence electrons. The summed E-state index contributed by atoms with van der Waals surface area (Å²) in [6.07, 6.45) is 1.42. The van der Waals surface area contributed by atoms with Crippen LogP contribution < -0.4 is 4.74 Å². The lowest BCUT2D eigenvalue weighted by molar-refractivity contribution is 0.410. The molecule has 1 aromatic heterocycles. The second-order valence-electron chi connectivity index (χ2n) is 4.48. The average Bonchev–Trinajstić information content (AvgIpc) is 2.44. The topological polar surface area (TPSA) is 35.0 Å². The first kappa shape index (κ1) is 14.7. The molecule has 0 aliphatic carbocycles. The third-order valence-electron chi connectivity index (χ3n) is 2.63. The molecule has 0 radical (unpaired) electrons. The van der Waals surface area contributed by atoms with E-state index >= 15 is 0 Å². The van der Waals surface area contributed by atoms with Gasteiger partial charge in [0, 0.05) is 5.92 Å². The molecule has 0 bridgehead atoms. The lowest BCUT2D eigenvalue weighted by Crippen LogP contribution is -2.03. The Bertz CT molecular complexity index is 620. The maximum atomic E-state index is 13.6. The van der Waals surface area contributed by atoms with Crippen molar-refractivity contribution in [3.8, 4) is 11.5 Å². The molecule has 0 aliphatic rings. The predicted octanol–water partition coefficient (Wildman–Crippen LogP) is 4.41. The molecule has 0 fully saturated rings. The van der Waals surface area contributed by atoms with Crippen molar-refractivity contribution in [2.45, 2.75) is 25.6 Å². The number of hydrogen-bond donors (Lipinski definition) is 0. The second-order valence-corrected chi connectivity index (χ2v) is 4.75. The van der Waals surface area contributed by atoms with Gasteiger partial charge in [0.25, 0.3) is 0 Å². The number of rotatable bonds is 4. The molecule has 0 saturated heterocycles. The van der Waals surface area contributed by atoms with Gasteiger partial charge in [0.05, 0.1) is 12.1 Å². The average molecular weight is 299 g/mol. The molecular formula is C14H13ClF2N2O. The zero-order valence-electron chi connectivity index (χ0n) is 11.0. The molecular weight excluding hydrogens is 286 g/mol. The van der Waals surface area contributed by atoms with Gasteiger partial charge in [0.15, 0.2) is 17.3 Å². The molecule has 2 aromatic rings. The van der Waals surface area contributed by atoms with Gasteiger partial charge in [-0.15, -0.1) is 11.6 Å². The van der Waals surface area contributed by atoms with Crippen LogP contribution in [0.3, 0.4) is 0 Å². The van der Waals surface area contributed by atoms with Gasteiger partial charge in [-0.3, -0.25) is 0 Å². The van der Waals surface area contributed by atoms with Crippen molar-refractivity contribution in [2.75, 3.05) is 0 Å². The zero-order chi connectivity index (χ0) is 14.7. The summed E-state index contributed by atoms with van der Waals surface area (Å²) in [6.45, 7) is 3.89. The standard InChI is InChI=1S/C14H13ClF2N2O/c1-8(2)14-18-7-12(10(6-15)19-14)20-11-5-3-4-9(16)13(11)17/h3-5,7-8H,6H2,1-2H3. The number of ether oxygens (including phenoxy) is 1. The summed E-state index contributed by atoms with van der Waals surface area (Å²) in [5.74, 6) is -1.19. The fourth-order valence-corrected chi connectivity index (χ4v) is 1.75. The van der Waals surface area contributed by atoms with E-state index in [9.17, 15) is 8.78 Å². The normalized spacial score (nSPS) is 10.9. The summed E-state index contributed by atoms with van der Waals surface area (Å²) in [6, 6.07) is 3.70. The van der Waals surface area contributed by atoms with Gasteiger partial charge in [-0.25, -0.2) is 14.4 Å². The van der Waals surface area contributed by atoms with Crippen molar-refractivity contribution in [1.29, 1.82) is 0 Å². The summed E-state index contributed by atoms with van der Waals surface area (Å²) < 4.78 is 32.0. The number of alkyl halides is 1. The van der Waals surface area contributed by atoms with E-state index in [1.807, 2.05) is 13.8 Å². The number of aromatic nitrogens is 2. The van der Waals surface area contributed by atoms with Crippen LogP contribution in [0, 0.1) is 11.6 Å². The summed E-state index contributed by atoms with van der Waals surface area (Å²) in [7, 11) is 0. The zero-order valence-corrected chi connectivity index (χ0v) is 11.8. The molecule has 1 heterocycles. The fourth-order valence-electron chi connectivity index (χ4n) is 1.56. The van der Waals surface area contributed by atoms with E-state index in [1.54, 1.807) is 0 Å². The first-order valence-corrected chi connectivity index (χ1v) is 6.60. The van der Waals surface area contributed by atoms with Gasteiger partial charge < -0.3 is 4.74 Å². The van der Waals surface area contributed by atoms with Gasteiger partial charge in [-0.1, -0.05) is 19.9 Å². The summed E-state index contributed by atoms with van der Waals surface area (Å²) in [4.78, 5) is 8.38. The van der Waals surface area contributed by atoms with Crippen molar-refractivity contribution in [2.24, 2.45) is 0 Å². The minimum atomic E-state index is -1.05. The number of benzene rings is 1. The molecule has 0 aliphatic heterocycles. The van der Waals surface area contributed by atoms with Crippen molar-refractivity contribution >= 4 is 11.6 Å². The predicted molar refractivity (Wildman–Crippen MR) is 72.1 cm³/mol. The highest BCUT2D eigenvalue weighted by Crippen LogP contribution is 2.28. The van der Waals surface area contributed by atoms with Crippen LogP contribution in [0.15, 0.2) is 24.4 Å². The number of halogens is 3. The van der Waals surface area contributed by atoms with Crippen LogP contribution in [0.2, 0.25) is 0 Å². The van der Waals surface area contributed by atoms with Crippen LogP contribution in [-0.2, 0) is 5.88 Å². The molecule has 2 rings (SSSR count). The molecule has 6 heteroatoms. The maximum absolute atomic E-state index is 13.6. The van der Waals surface area contributed by atoms with Gasteiger partial charge in [-0.2, -0.15) is 4.39 Å². The van der Waals surface area contributed by atoms with Crippen molar-refractivity contribution < 1.29 is 13.5 Å². The minimum absolute atomic E-state index is 0.0918. The Morgan fingerprint density at radius 1 is 1.25 bits per heavy atom. The fraction of sp³-hybridized carbons (Fsp3) is 0.286. The van der Waals surface area contributed by atoms with Crippen molar-refractivity contribution in [3.63, 3.8) is 0 Å². The number of nitrogens with zero attached hydrogens (tertiary/aromatic N) is 2. The molecule has 0 atom stereocenters. The van der Waals surface area contributed by atoms with Gasteiger partial charge in [0.1, 0.15) is 11.5 Å². The Kier molecular flexibility index (Phi) is 4.49. The van der Waals surface area contributed by atoms with E-state index in [0.29, 0.717) is 11.5 Å². The van der Waals surface area contributed by atoms with Crippen molar-refractivity contribution in [1.82, 2.24) is 9.97 Å². The molecule has 0 unspecified atom stereocenters. The van der Waals surface area contributed by atoms with E-state index < -0.39 is 11.6 Å². The van der Waals surface area contributed by atoms with E-state index in [4.69, 9.17) is 16.3 Å². The SMILES string of the molecule is CC(C)c1ncc(Oc2cccc(F)c2F)c(CCl)n1. The van der Waals surface area contributed by atoms with Gasteiger partial charge in [0.2, 0.25) is 5.82 Å². The lowest BCUT2D eigenvalue weighted by Gasteiger charge is -2.11. The Morgan fingerprint density at radius 3 is 2.65 bits per heavy atom. The smallest absolute Gasteiger partial charge is 0.201 e. The van der Waals surface area contributed by atoms with Gasteiger partial charge in [-0.05, 0) is 12.1 Å². The molecule has 0 amide bonds. The molecule has 3 nitrogen and oxygen atoms in total. The van der Waals surface area contributed by atoms with Gasteiger partial charge >= 0.3 is 0 Å². The number of hydrogen-bond acceptors (Lipinski definition) is 3. The highest BCUT2D eigenvalue weighted by molar-refractivity contribution is 6.17. The van der Waals surface area contributed by atoms with Crippen LogP contribution in [0.5, 0.6) is 11.5 Å². The Morgan fingerprint density at radius 2 is 2.00 bits per heavy atom. The third-order valence-corrected chi connectivity index (χ3v) is 2.88. The molecule has 0 spiro atoms. The van der Waals surface area contributed by atoms with E-state index in [1.165, 1.54) is 18.3 Å². The summed E-state index contributed by atoms with van der Waals surface area (Å²) in [5.41, 5.74) is 0.439. The lowest BCUT2D eigenvalue weighted by atomic mass is 10.2. The van der Waals surface area contributed by atoms with E-state index in [2.05, 4.69) is 9.97 Å². The highest BCUT2D eigenvalue weighted by Gasteiger charge is 2.14. The first-order valence-electron chi connectivity index (χ1n) is 6.06. The molecule has 0 N–H and O–H groups in total. The third kappa shape index (κ3) is 3.04. The first-order chi connectivity index (χ1) is 9.52. The molecule has 1 aromatic carbocycles. The second kappa shape index (κ2) is 6.13. The highest BCUT2D eigenvalue weighted by atomic mass is 35.5. The molecule has 0 saturated carbocycles. The Labute approximate surface area is 120 Å². The van der Waals surface area contributed by atoms with Crippen molar-refractivity contribution in [3.05, 3.63) is 47.5 Å². The minimum Gasteiger partial charge on any atom is -0.451 e. The van der Waals surface area contributed by atoms with Crippen LogP contribution >= 0.6 is 11.6 Å². The van der Waals surface area contributed by atoms with E-state index in [0.717, 1.165) is 6.07 Å². The van der Waals surface area contributed by atoms with Crippen LogP contribution in [-0.4, -0.2) is 9.97 Å². The molecule has 20 heavy (non-hydrogen) atoms. The summed E-state index contributed by atoms with van der Waals surface area (Å²) in [5, 5.41) is 0. The van der Waals surface area contributed by atoms with E-state index in [-0.39, 0.29) is 23.3 Å². The summed E-state index contributed by atoms with van der Waals surface area (Å²) >= 11 is 5.81. The van der Waals surface area contributed by atoms with Crippen LogP contribution in [0.25, 0.3) is 0 Å². The Hall–Kier alpha value is -1.75. The largest absolute Gasteiger partial charge is 0.451 e. The maximum Gasteiger partial charge on any atom is 0.201 e. The Balaban J connectivity index is 2.36.